The molecule has 4 rings (SSSR count). The summed E-state index contributed by atoms with van der Waals surface area (Å²) in [6.45, 7) is 6.98. The molecule has 0 unspecified atom stereocenters. The van der Waals surface area contributed by atoms with Gasteiger partial charge in [-0.1, -0.05) is 66.4 Å². The highest BCUT2D eigenvalue weighted by atomic mass is 32.2. The standard InChI is InChI=1S/C27H25NO3S2/c1-4-30-24-15-21(11-13-23(24)31-17-20-8-6-5-7-9-20)16-25-26(29)28(27(32)33-25)22-12-10-18(2)19(3)14-22/h5-16H,4,17H2,1-3H3. The molecule has 0 saturated carbocycles. The van der Waals surface area contributed by atoms with Crippen LogP contribution in [0.3, 0.4) is 0 Å². The van der Waals surface area contributed by atoms with Crippen LogP contribution in [0.2, 0.25) is 0 Å². The van der Waals surface area contributed by atoms with Gasteiger partial charge in [-0.3, -0.25) is 9.69 Å². The highest BCUT2D eigenvalue weighted by Gasteiger charge is 2.33. The number of aryl methyl sites for hydroxylation is 2. The van der Waals surface area contributed by atoms with Crippen LogP contribution in [0.15, 0.2) is 71.6 Å². The molecule has 1 heterocycles. The van der Waals surface area contributed by atoms with Crippen molar-refractivity contribution in [1.29, 1.82) is 0 Å². The summed E-state index contributed by atoms with van der Waals surface area (Å²) in [5, 5.41) is 0. The molecule has 0 N–H and O–H groups in total. The van der Waals surface area contributed by atoms with E-state index in [1.54, 1.807) is 4.90 Å². The number of thioether (sulfide) groups is 1. The van der Waals surface area contributed by atoms with Crippen molar-refractivity contribution in [3.8, 4) is 11.5 Å². The van der Waals surface area contributed by atoms with E-state index in [0.29, 0.717) is 33.9 Å². The number of ether oxygens (including phenoxy) is 2. The molecule has 4 nitrogen and oxygen atoms in total. The Bertz CT molecular complexity index is 1220. The molecule has 0 bridgehead atoms. The van der Waals surface area contributed by atoms with Crippen molar-refractivity contribution in [3.63, 3.8) is 0 Å². The SMILES string of the molecule is CCOc1cc(C=C2SC(=S)N(c3ccc(C)c(C)c3)C2=O)ccc1OCc1ccccc1. The molecule has 1 aliphatic rings. The fourth-order valence-electron chi connectivity index (χ4n) is 3.44. The monoisotopic (exact) mass is 475 g/mol. The van der Waals surface area contributed by atoms with Crippen LogP contribution in [0.5, 0.6) is 11.5 Å². The number of nitrogens with zero attached hydrogens (tertiary/aromatic N) is 1. The Hall–Kier alpha value is -3.09. The average Bonchev–Trinajstić information content (AvgIpc) is 3.09. The quantitative estimate of drug-likeness (QED) is 0.281. The van der Waals surface area contributed by atoms with E-state index in [9.17, 15) is 4.79 Å². The van der Waals surface area contributed by atoms with Crippen LogP contribution in [0.4, 0.5) is 5.69 Å². The first-order valence-corrected chi connectivity index (χ1v) is 12.0. The van der Waals surface area contributed by atoms with Crippen molar-refractivity contribution in [1.82, 2.24) is 0 Å². The van der Waals surface area contributed by atoms with Crippen LogP contribution in [0, 0.1) is 13.8 Å². The normalized spacial score (nSPS) is 14.8. The topological polar surface area (TPSA) is 38.8 Å². The predicted octanol–water partition coefficient (Wildman–Crippen LogP) is 6.69. The van der Waals surface area contributed by atoms with Crippen LogP contribution in [-0.4, -0.2) is 16.8 Å². The average molecular weight is 476 g/mol. The molecular weight excluding hydrogens is 450 g/mol. The van der Waals surface area contributed by atoms with Crippen molar-refractivity contribution in [2.75, 3.05) is 11.5 Å². The number of rotatable bonds is 7. The van der Waals surface area contributed by atoms with Gasteiger partial charge in [0.2, 0.25) is 0 Å². The second-order valence-corrected chi connectivity index (χ2v) is 9.37. The van der Waals surface area contributed by atoms with Gasteiger partial charge in [0.05, 0.1) is 17.2 Å². The summed E-state index contributed by atoms with van der Waals surface area (Å²) in [4.78, 5) is 15.3. The molecule has 0 atom stereocenters. The Morgan fingerprint density at radius 3 is 2.45 bits per heavy atom. The third-order valence-electron chi connectivity index (χ3n) is 5.34. The molecule has 3 aromatic carbocycles. The summed E-state index contributed by atoms with van der Waals surface area (Å²) in [6, 6.07) is 21.6. The van der Waals surface area contributed by atoms with Gasteiger partial charge in [-0.25, -0.2) is 0 Å². The summed E-state index contributed by atoms with van der Waals surface area (Å²) in [5.74, 6) is 1.20. The van der Waals surface area contributed by atoms with E-state index in [-0.39, 0.29) is 5.91 Å². The number of hydrogen-bond acceptors (Lipinski definition) is 5. The third-order valence-corrected chi connectivity index (χ3v) is 6.65. The van der Waals surface area contributed by atoms with Crippen molar-refractivity contribution in [2.24, 2.45) is 0 Å². The Labute approximate surface area is 204 Å². The number of hydrogen-bond donors (Lipinski definition) is 0. The van der Waals surface area contributed by atoms with Gasteiger partial charge in [0.25, 0.3) is 5.91 Å². The molecule has 33 heavy (non-hydrogen) atoms. The first-order valence-electron chi connectivity index (χ1n) is 10.7. The minimum absolute atomic E-state index is 0.115. The maximum atomic E-state index is 13.1. The Kier molecular flexibility index (Phi) is 7.16. The number of carbonyl (C=O) groups excluding carboxylic acids is 1. The van der Waals surface area contributed by atoms with Crippen molar-refractivity contribution in [2.45, 2.75) is 27.4 Å². The number of benzene rings is 3. The number of amides is 1. The van der Waals surface area contributed by atoms with E-state index in [0.717, 1.165) is 22.4 Å². The van der Waals surface area contributed by atoms with Crippen LogP contribution >= 0.6 is 24.0 Å². The summed E-state index contributed by atoms with van der Waals surface area (Å²) >= 11 is 6.83. The molecule has 1 aliphatic heterocycles. The lowest BCUT2D eigenvalue weighted by atomic mass is 10.1. The molecule has 6 heteroatoms. The van der Waals surface area contributed by atoms with Gasteiger partial charge in [0.15, 0.2) is 15.8 Å². The lowest BCUT2D eigenvalue weighted by molar-refractivity contribution is -0.113. The zero-order chi connectivity index (χ0) is 23.4. The number of thiocarbonyl (C=S) groups is 1. The fourth-order valence-corrected chi connectivity index (χ4v) is 4.74. The summed E-state index contributed by atoms with van der Waals surface area (Å²) in [6.07, 6.45) is 1.85. The van der Waals surface area contributed by atoms with E-state index >= 15 is 0 Å². The van der Waals surface area contributed by atoms with Gasteiger partial charge < -0.3 is 9.47 Å². The molecule has 1 fully saturated rings. The smallest absolute Gasteiger partial charge is 0.270 e. The Balaban J connectivity index is 1.56. The van der Waals surface area contributed by atoms with Crippen LogP contribution in [-0.2, 0) is 11.4 Å². The van der Waals surface area contributed by atoms with Crippen LogP contribution in [0.25, 0.3) is 6.08 Å². The summed E-state index contributed by atoms with van der Waals surface area (Å²) in [5.41, 5.74) is 5.03. The zero-order valence-electron chi connectivity index (χ0n) is 18.8. The lowest BCUT2D eigenvalue weighted by Crippen LogP contribution is -2.27. The Morgan fingerprint density at radius 2 is 1.73 bits per heavy atom. The van der Waals surface area contributed by atoms with Crippen molar-refractivity contribution >= 4 is 46.0 Å². The highest BCUT2D eigenvalue weighted by molar-refractivity contribution is 8.27. The Morgan fingerprint density at radius 1 is 0.939 bits per heavy atom. The number of carbonyl (C=O) groups is 1. The fraction of sp³-hybridized carbons (Fsp3) is 0.185. The maximum Gasteiger partial charge on any atom is 0.270 e. The molecular formula is C27H25NO3S2. The van der Waals surface area contributed by atoms with E-state index in [1.165, 1.54) is 17.3 Å². The molecule has 168 valence electrons. The largest absolute Gasteiger partial charge is 0.490 e. The second kappa shape index (κ2) is 10.2. The van der Waals surface area contributed by atoms with Gasteiger partial charge in [-0.2, -0.15) is 0 Å². The van der Waals surface area contributed by atoms with Gasteiger partial charge in [0, 0.05) is 0 Å². The summed E-state index contributed by atoms with van der Waals surface area (Å²) in [7, 11) is 0. The maximum absolute atomic E-state index is 13.1. The molecule has 0 radical (unpaired) electrons. The van der Waals surface area contributed by atoms with Crippen LogP contribution < -0.4 is 14.4 Å². The third kappa shape index (κ3) is 5.29. The molecule has 0 spiro atoms. The van der Waals surface area contributed by atoms with E-state index in [2.05, 4.69) is 0 Å². The van der Waals surface area contributed by atoms with E-state index in [4.69, 9.17) is 21.7 Å². The molecule has 0 aromatic heterocycles. The van der Waals surface area contributed by atoms with E-state index < -0.39 is 0 Å². The van der Waals surface area contributed by atoms with Gasteiger partial charge >= 0.3 is 0 Å². The summed E-state index contributed by atoms with van der Waals surface area (Å²) < 4.78 is 12.3. The van der Waals surface area contributed by atoms with E-state index in [1.807, 2.05) is 93.6 Å². The minimum atomic E-state index is -0.115. The first-order chi connectivity index (χ1) is 16.0. The van der Waals surface area contributed by atoms with Crippen molar-refractivity contribution in [3.05, 3.63) is 93.9 Å². The molecule has 0 aliphatic carbocycles. The van der Waals surface area contributed by atoms with Gasteiger partial charge in [0.1, 0.15) is 6.61 Å². The second-order valence-electron chi connectivity index (χ2n) is 7.70. The zero-order valence-corrected chi connectivity index (χ0v) is 20.5. The minimum Gasteiger partial charge on any atom is -0.490 e. The van der Waals surface area contributed by atoms with Gasteiger partial charge in [-0.15, -0.1) is 0 Å². The lowest BCUT2D eigenvalue weighted by Gasteiger charge is -2.16. The van der Waals surface area contributed by atoms with Crippen LogP contribution in [0.1, 0.15) is 29.2 Å². The highest BCUT2D eigenvalue weighted by Crippen LogP contribution is 2.38. The van der Waals surface area contributed by atoms with Gasteiger partial charge in [-0.05, 0) is 73.4 Å². The number of anilines is 1. The molecule has 3 aromatic rings. The molecule has 1 amide bonds. The predicted molar refractivity (Wildman–Crippen MR) is 140 cm³/mol. The van der Waals surface area contributed by atoms with Crippen molar-refractivity contribution < 1.29 is 14.3 Å². The molecule has 1 saturated heterocycles. The first kappa shape index (κ1) is 23.1.